The van der Waals surface area contributed by atoms with E-state index in [2.05, 4.69) is 10.6 Å². The number of hydrogen-bond donors (Lipinski definition) is 3. The Kier molecular flexibility index (Phi) is 5.79. The van der Waals surface area contributed by atoms with Crippen LogP contribution in [0.3, 0.4) is 0 Å². The molecule has 0 bridgehead atoms. The van der Waals surface area contributed by atoms with Crippen molar-refractivity contribution in [2.75, 3.05) is 11.9 Å². The third-order valence-electron chi connectivity index (χ3n) is 3.18. The zero-order valence-corrected chi connectivity index (χ0v) is 12.8. The quantitative estimate of drug-likeness (QED) is 0.410. The van der Waals surface area contributed by atoms with E-state index in [-0.39, 0.29) is 18.7 Å². The predicted molar refractivity (Wildman–Crippen MR) is 83.0 cm³/mol. The lowest BCUT2D eigenvalue weighted by Gasteiger charge is -2.09. The largest absolute Gasteiger partial charge is 0.467 e. The van der Waals surface area contributed by atoms with Crippen LogP contribution in [-0.2, 0) is 9.59 Å². The van der Waals surface area contributed by atoms with E-state index in [1.165, 1.54) is 6.26 Å². The highest BCUT2D eigenvalue weighted by Gasteiger charge is 2.18. The van der Waals surface area contributed by atoms with Gasteiger partial charge in [0.1, 0.15) is 11.9 Å². The summed E-state index contributed by atoms with van der Waals surface area (Å²) in [6.07, 6.45) is 0.583. The van der Waals surface area contributed by atoms with Crippen molar-refractivity contribution in [1.29, 1.82) is 0 Å². The number of carbonyl (C=O) groups excluding carboxylic acids is 2. The molecule has 25 heavy (non-hydrogen) atoms. The molecule has 3 N–H and O–H groups in total. The fourth-order valence-electron chi connectivity index (χ4n) is 1.94. The summed E-state index contributed by atoms with van der Waals surface area (Å²) >= 11 is 0. The molecule has 1 heterocycles. The van der Waals surface area contributed by atoms with E-state index in [4.69, 9.17) is 4.42 Å². The van der Waals surface area contributed by atoms with Crippen molar-refractivity contribution in [2.45, 2.75) is 12.5 Å². The van der Waals surface area contributed by atoms with E-state index in [0.717, 1.165) is 18.2 Å². The van der Waals surface area contributed by atoms with Crippen LogP contribution in [-0.4, -0.2) is 28.4 Å². The molecule has 0 aliphatic heterocycles. The average Bonchev–Trinajstić information content (AvgIpc) is 3.10. The Bertz CT molecular complexity index is 778. The minimum Gasteiger partial charge on any atom is -0.467 e. The lowest BCUT2D eigenvalue weighted by Crippen LogP contribution is -2.36. The van der Waals surface area contributed by atoms with Gasteiger partial charge in [-0.3, -0.25) is 19.7 Å². The second-order valence-corrected chi connectivity index (χ2v) is 4.95. The Balaban J connectivity index is 1.85. The molecule has 0 fully saturated rings. The Morgan fingerprint density at radius 1 is 1.32 bits per heavy atom. The molecule has 0 aliphatic carbocycles. The number of nitrogens with zero attached hydrogens (tertiary/aromatic N) is 1. The van der Waals surface area contributed by atoms with Gasteiger partial charge in [0.25, 0.3) is 0 Å². The molecule has 132 valence electrons. The van der Waals surface area contributed by atoms with Crippen LogP contribution in [0.15, 0.2) is 41.0 Å². The number of carbonyl (C=O) groups is 2. The highest BCUT2D eigenvalue weighted by Crippen LogP contribution is 2.21. The van der Waals surface area contributed by atoms with Gasteiger partial charge in [0.2, 0.25) is 5.82 Å². The molecule has 0 aliphatic rings. The van der Waals surface area contributed by atoms with Crippen molar-refractivity contribution in [2.24, 2.45) is 0 Å². The highest BCUT2D eigenvalue weighted by molar-refractivity contribution is 6.39. The van der Waals surface area contributed by atoms with E-state index >= 15 is 0 Å². The number of nitrogens with one attached hydrogen (secondary N) is 2. The first kappa shape index (κ1) is 18.1. The van der Waals surface area contributed by atoms with Gasteiger partial charge in [0.05, 0.1) is 11.2 Å². The minimum atomic E-state index is -1.08. The van der Waals surface area contributed by atoms with E-state index in [1.54, 1.807) is 12.1 Å². The van der Waals surface area contributed by atoms with E-state index < -0.39 is 34.3 Å². The van der Waals surface area contributed by atoms with E-state index in [9.17, 15) is 29.2 Å². The number of nitro benzene ring substituents is 1. The SMILES string of the molecule is O=C(NCCC(O)c1ccco1)C(=O)Nc1ccc(F)c([N+](=O)[O-])c1. The zero-order valence-electron chi connectivity index (χ0n) is 12.8. The van der Waals surface area contributed by atoms with Gasteiger partial charge in [0.15, 0.2) is 0 Å². The molecule has 1 aromatic carbocycles. The average molecular weight is 351 g/mol. The molecule has 0 radical (unpaired) electrons. The van der Waals surface area contributed by atoms with Gasteiger partial charge in [-0.05, 0) is 30.7 Å². The molecular weight excluding hydrogens is 337 g/mol. The summed E-state index contributed by atoms with van der Waals surface area (Å²) in [7, 11) is 0. The van der Waals surface area contributed by atoms with Gasteiger partial charge in [-0.1, -0.05) is 0 Å². The maximum atomic E-state index is 13.2. The summed E-state index contributed by atoms with van der Waals surface area (Å²) in [6.45, 7) is -0.00230. The maximum Gasteiger partial charge on any atom is 0.313 e. The molecule has 2 rings (SSSR count). The summed E-state index contributed by atoms with van der Waals surface area (Å²) < 4.78 is 18.2. The van der Waals surface area contributed by atoms with Crippen molar-refractivity contribution in [1.82, 2.24) is 5.32 Å². The highest BCUT2D eigenvalue weighted by atomic mass is 19.1. The number of aliphatic hydroxyl groups is 1. The molecule has 0 saturated heterocycles. The van der Waals surface area contributed by atoms with Crippen molar-refractivity contribution < 1.29 is 28.4 Å². The number of halogens is 1. The van der Waals surface area contributed by atoms with Gasteiger partial charge in [-0.2, -0.15) is 4.39 Å². The number of aliphatic hydroxyl groups excluding tert-OH is 1. The van der Waals surface area contributed by atoms with Crippen LogP contribution in [0, 0.1) is 15.9 Å². The van der Waals surface area contributed by atoms with Gasteiger partial charge in [-0.25, -0.2) is 0 Å². The van der Waals surface area contributed by atoms with Crippen LogP contribution < -0.4 is 10.6 Å². The molecule has 1 unspecified atom stereocenters. The molecule has 2 aromatic rings. The first-order chi connectivity index (χ1) is 11.9. The van der Waals surface area contributed by atoms with Crippen LogP contribution in [0.25, 0.3) is 0 Å². The maximum absolute atomic E-state index is 13.2. The third kappa shape index (κ3) is 4.85. The lowest BCUT2D eigenvalue weighted by atomic mass is 10.2. The first-order valence-corrected chi connectivity index (χ1v) is 7.13. The number of amides is 2. The Hall–Kier alpha value is -3.27. The fourth-order valence-corrected chi connectivity index (χ4v) is 1.94. The van der Waals surface area contributed by atoms with Crippen molar-refractivity contribution in [3.63, 3.8) is 0 Å². The number of rotatable bonds is 6. The number of anilines is 1. The summed E-state index contributed by atoms with van der Waals surface area (Å²) in [4.78, 5) is 33.1. The van der Waals surface area contributed by atoms with E-state index in [1.807, 2.05) is 0 Å². The Morgan fingerprint density at radius 2 is 2.08 bits per heavy atom. The number of furan rings is 1. The molecule has 0 saturated carbocycles. The van der Waals surface area contributed by atoms with Gasteiger partial charge in [0, 0.05) is 18.3 Å². The molecular formula is C15H14FN3O6. The Labute approximate surface area is 140 Å². The van der Waals surface area contributed by atoms with E-state index in [0.29, 0.717) is 5.76 Å². The first-order valence-electron chi connectivity index (χ1n) is 7.13. The summed E-state index contributed by atoms with van der Waals surface area (Å²) in [5, 5.41) is 24.8. The Morgan fingerprint density at radius 3 is 2.72 bits per heavy atom. The lowest BCUT2D eigenvalue weighted by molar-refractivity contribution is -0.387. The normalized spacial score (nSPS) is 11.6. The van der Waals surface area contributed by atoms with Crippen LogP contribution in [0.5, 0.6) is 0 Å². The third-order valence-corrected chi connectivity index (χ3v) is 3.18. The molecule has 10 heteroatoms. The van der Waals surface area contributed by atoms with Crippen molar-refractivity contribution >= 4 is 23.2 Å². The monoisotopic (exact) mass is 351 g/mol. The number of nitro groups is 1. The molecule has 1 aromatic heterocycles. The summed E-state index contributed by atoms with van der Waals surface area (Å²) in [5.74, 6) is -2.80. The van der Waals surface area contributed by atoms with Crippen molar-refractivity contribution in [3.8, 4) is 0 Å². The van der Waals surface area contributed by atoms with Gasteiger partial charge in [-0.15, -0.1) is 0 Å². The number of benzene rings is 1. The van der Waals surface area contributed by atoms with Crippen LogP contribution in [0.2, 0.25) is 0 Å². The standard InChI is InChI=1S/C15H14FN3O6/c16-10-4-3-9(8-11(10)19(23)24)18-15(22)14(21)17-6-5-12(20)13-2-1-7-25-13/h1-4,7-8,12,20H,5-6H2,(H,17,21)(H,18,22). The molecule has 1 atom stereocenters. The zero-order chi connectivity index (χ0) is 18.4. The second-order valence-electron chi connectivity index (χ2n) is 4.95. The van der Waals surface area contributed by atoms with Crippen LogP contribution in [0.4, 0.5) is 15.8 Å². The summed E-state index contributed by atoms with van der Waals surface area (Å²) in [6, 6.07) is 5.88. The van der Waals surface area contributed by atoms with Crippen LogP contribution in [0.1, 0.15) is 18.3 Å². The number of hydrogen-bond acceptors (Lipinski definition) is 6. The topological polar surface area (TPSA) is 135 Å². The molecule has 9 nitrogen and oxygen atoms in total. The van der Waals surface area contributed by atoms with Crippen molar-refractivity contribution in [3.05, 3.63) is 58.3 Å². The molecule has 2 amide bonds. The van der Waals surface area contributed by atoms with Crippen LogP contribution >= 0.6 is 0 Å². The summed E-state index contributed by atoms with van der Waals surface area (Å²) in [5.41, 5.74) is -0.913. The van der Waals surface area contributed by atoms with Gasteiger partial charge < -0.3 is 20.2 Å². The van der Waals surface area contributed by atoms with Gasteiger partial charge >= 0.3 is 17.5 Å². The molecule has 0 spiro atoms. The smallest absolute Gasteiger partial charge is 0.313 e. The fraction of sp³-hybridized carbons (Fsp3) is 0.200. The predicted octanol–water partition coefficient (Wildman–Crippen LogP) is 1.51. The second kappa shape index (κ2) is 8.02. The minimum absolute atomic E-state index is 0.00230.